The van der Waals surface area contributed by atoms with E-state index in [9.17, 15) is 9.59 Å². The van der Waals surface area contributed by atoms with Crippen LogP contribution in [0.15, 0.2) is 60.9 Å². The first kappa shape index (κ1) is 18.8. The molecule has 1 aromatic carbocycles. The quantitative estimate of drug-likeness (QED) is 0.552. The average Bonchev–Trinajstić information content (AvgIpc) is 3.37. The Morgan fingerprint density at radius 3 is 2.66 bits per heavy atom. The number of benzene rings is 1. The number of hydrogen-bond acceptors (Lipinski definition) is 5. The Morgan fingerprint density at radius 1 is 1.14 bits per heavy atom. The van der Waals surface area contributed by atoms with E-state index >= 15 is 0 Å². The third kappa shape index (κ3) is 3.74. The van der Waals surface area contributed by atoms with Gasteiger partial charge in [-0.05, 0) is 17.7 Å². The highest BCUT2D eigenvalue weighted by Gasteiger charge is 2.20. The van der Waals surface area contributed by atoms with Gasteiger partial charge >= 0.3 is 0 Å². The molecule has 0 bridgehead atoms. The average molecular weight is 405 g/mol. The van der Waals surface area contributed by atoms with Crippen molar-refractivity contribution >= 4 is 33.8 Å². The summed E-state index contributed by atoms with van der Waals surface area (Å²) >= 11 is 1.35. The lowest BCUT2D eigenvalue weighted by Crippen LogP contribution is -2.23. The summed E-state index contributed by atoms with van der Waals surface area (Å²) in [6.07, 6.45) is 3.53. The topological polar surface area (TPSA) is 79.6 Å². The van der Waals surface area contributed by atoms with E-state index in [0.717, 1.165) is 10.4 Å². The van der Waals surface area contributed by atoms with Crippen LogP contribution in [0.3, 0.4) is 0 Å². The second kappa shape index (κ2) is 7.84. The molecule has 1 N–H and O–H groups in total. The van der Waals surface area contributed by atoms with Crippen molar-refractivity contribution in [2.45, 2.75) is 13.5 Å². The number of carbonyl (C=O) groups is 2. The van der Waals surface area contributed by atoms with E-state index in [0.29, 0.717) is 28.7 Å². The Balaban J connectivity index is 1.67. The van der Waals surface area contributed by atoms with Crippen molar-refractivity contribution in [2.24, 2.45) is 0 Å². The number of fused-ring (bicyclic) bond motifs is 1. The van der Waals surface area contributed by atoms with Crippen molar-refractivity contribution in [1.29, 1.82) is 0 Å². The maximum atomic E-state index is 12.8. The van der Waals surface area contributed by atoms with Crippen LogP contribution in [0, 0.1) is 0 Å². The maximum Gasteiger partial charge on any atom is 0.272 e. The Labute approximate surface area is 171 Å². The fourth-order valence-electron chi connectivity index (χ4n) is 2.90. The number of amides is 2. The zero-order valence-corrected chi connectivity index (χ0v) is 16.8. The first-order valence-electron chi connectivity index (χ1n) is 9.04. The summed E-state index contributed by atoms with van der Waals surface area (Å²) in [7, 11) is 1.68. The molecule has 2 amide bonds. The molecule has 0 spiro atoms. The second-order valence-electron chi connectivity index (χ2n) is 6.49. The second-order valence-corrected chi connectivity index (χ2v) is 7.50. The molecule has 3 heterocycles. The van der Waals surface area contributed by atoms with Crippen molar-refractivity contribution in [3.05, 3.63) is 72.2 Å². The largest absolute Gasteiger partial charge is 0.347 e. The summed E-state index contributed by atoms with van der Waals surface area (Å²) in [5, 5.41) is 3.51. The first-order chi connectivity index (χ1) is 14.0. The summed E-state index contributed by atoms with van der Waals surface area (Å²) in [6, 6.07) is 15.3. The smallest absolute Gasteiger partial charge is 0.272 e. The van der Waals surface area contributed by atoms with Crippen molar-refractivity contribution in [2.75, 3.05) is 11.9 Å². The number of anilines is 1. The van der Waals surface area contributed by atoms with Crippen molar-refractivity contribution in [3.63, 3.8) is 0 Å². The highest BCUT2D eigenvalue weighted by atomic mass is 32.1. The van der Waals surface area contributed by atoms with Crippen molar-refractivity contribution in [3.8, 4) is 10.7 Å². The molecule has 0 aliphatic rings. The van der Waals surface area contributed by atoms with E-state index in [1.165, 1.54) is 23.2 Å². The van der Waals surface area contributed by atoms with Crippen LogP contribution in [0.1, 0.15) is 23.0 Å². The number of carbonyl (C=O) groups excluding carboxylic acids is 2. The minimum Gasteiger partial charge on any atom is -0.347 e. The Kier molecular flexibility index (Phi) is 5.09. The number of rotatable bonds is 5. The van der Waals surface area contributed by atoms with Crippen molar-refractivity contribution < 1.29 is 9.59 Å². The van der Waals surface area contributed by atoms with Crippen LogP contribution < -0.4 is 10.2 Å². The van der Waals surface area contributed by atoms with Crippen LogP contribution in [0.4, 0.5) is 5.13 Å². The number of thiazole rings is 1. The lowest BCUT2D eigenvalue weighted by atomic mass is 10.2. The lowest BCUT2D eigenvalue weighted by molar-refractivity contribution is -0.116. The van der Waals surface area contributed by atoms with Gasteiger partial charge in [-0.15, -0.1) is 0 Å². The van der Waals surface area contributed by atoms with Crippen molar-refractivity contribution in [1.82, 2.24) is 19.7 Å². The number of aromatic nitrogens is 3. The normalized spacial score (nSPS) is 10.8. The molecule has 0 fully saturated rings. The maximum absolute atomic E-state index is 12.8. The number of imidazole rings is 1. The highest BCUT2D eigenvalue weighted by Crippen LogP contribution is 2.31. The zero-order valence-electron chi connectivity index (χ0n) is 16.0. The fraction of sp³-hybridized carbons (Fsp3) is 0.143. The van der Waals surface area contributed by atoms with E-state index in [2.05, 4.69) is 15.3 Å². The SMILES string of the molecule is CC(=O)N(C)c1ncc(-c2nc(C(=O)NCc3ccccc3)c3ccccn23)s1. The predicted octanol–water partition coefficient (Wildman–Crippen LogP) is 3.37. The third-order valence-electron chi connectivity index (χ3n) is 4.53. The summed E-state index contributed by atoms with van der Waals surface area (Å²) in [5.74, 6) is 0.278. The monoisotopic (exact) mass is 405 g/mol. The Bertz CT molecular complexity index is 1180. The van der Waals surface area contributed by atoms with Gasteiger partial charge < -0.3 is 5.32 Å². The molecule has 0 saturated heterocycles. The molecule has 4 aromatic rings. The molecule has 29 heavy (non-hydrogen) atoms. The van der Waals surface area contributed by atoms with Crippen LogP contribution in [0.2, 0.25) is 0 Å². The molecule has 8 heteroatoms. The van der Waals surface area contributed by atoms with Gasteiger partial charge in [-0.2, -0.15) is 0 Å². The highest BCUT2D eigenvalue weighted by molar-refractivity contribution is 7.19. The van der Waals surface area contributed by atoms with E-state index in [-0.39, 0.29) is 11.8 Å². The number of pyridine rings is 1. The van der Waals surface area contributed by atoms with Crippen LogP contribution in [-0.2, 0) is 11.3 Å². The lowest BCUT2D eigenvalue weighted by Gasteiger charge is -2.09. The van der Waals surface area contributed by atoms with Crippen LogP contribution >= 0.6 is 11.3 Å². The summed E-state index contributed by atoms with van der Waals surface area (Å²) in [5.41, 5.74) is 2.08. The molecule has 0 atom stereocenters. The van der Waals surface area contributed by atoms with Gasteiger partial charge in [-0.3, -0.25) is 18.9 Å². The van der Waals surface area contributed by atoms with Gasteiger partial charge in [0.15, 0.2) is 16.6 Å². The van der Waals surface area contributed by atoms with Gasteiger partial charge in [0, 0.05) is 26.7 Å². The van der Waals surface area contributed by atoms with Gasteiger partial charge in [-0.1, -0.05) is 47.7 Å². The van der Waals surface area contributed by atoms with E-state index in [4.69, 9.17) is 0 Å². The van der Waals surface area contributed by atoms with E-state index in [1.807, 2.05) is 59.1 Å². The Hall–Kier alpha value is -3.52. The van der Waals surface area contributed by atoms with Crippen LogP contribution in [0.5, 0.6) is 0 Å². The first-order valence-corrected chi connectivity index (χ1v) is 9.86. The molecule has 0 radical (unpaired) electrons. The zero-order chi connectivity index (χ0) is 20.4. The molecular weight excluding hydrogens is 386 g/mol. The molecule has 0 aliphatic heterocycles. The van der Waals surface area contributed by atoms with E-state index < -0.39 is 0 Å². The minimum absolute atomic E-state index is 0.0974. The van der Waals surface area contributed by atoms with Gasteiger partial charge in [-0.25, -0.2) is 9.97 Å². The summed E-state index contributed by atoms with van der Waals surface area (Å²) in [4.78, 5) is 35.6. The third-order valence-corrected chi connectivity index (χ3v) is 5.60. The molecule has 3 aromatic heterocycles. The van der Waals surface area contributed by atoms with E-state index in [1.54, 1.807) is 13.2 Å². The molecule has 0 saturated carbocycles. The van der Waals surface area contributed by atoms with Gasteiger partial charge in [0.05, 0.1) is 16.6 Å². The van der Waals surface area contributed by atoms with Gasteiger partial charge in [0.2, 0.25) is 5.91 Å². The molecule has 7 nitrogen and oxygen atoms in total. The van der Waals surface area contributed by atoms with Gasteiger partial charge in [0.25, 0.3) is 5.91 Å². The predicted molar refractivity (Wildman–Crippen MR) is 113 cm³/mol. The van der Waals surface area contributed by atoms with Gasteiger partial charge in [0.1, 0.15) is 0 Å². The minimum atomic E-state index is -0.241. The molecule has 0 unspecified atom stereocenters. The molecular formula is C21H19N5O2S. The fourth-order valence-corrected chi connectivity index (χ4v) is 3.81. The summed E-state index contributed by atoms with van der Waals surface area (Å²) in [6.45, 7) is 1.91. The Morgan fingerprint density at radius 2 is 1.90 bits per heavy atom. The standard InChI is InChI=1S/C21H19N5O2S/c1-14(27)25(2)21-23-13-17(29-21)19-24-18(16-10-6-7-11-26(16)19)20(28)22-12-15-8-4-3-5-9-15/h3-11,13H,12H2,1-2H3,(H,22,28). The summed E-state index contributed by atoms with van der Waals surface area (Å²) < 4.78 is 1.86. The molecule has 4 rings (SSSR count). The number of nitrogens with one attached hydrogen (secondary N) is 1. The van der Waals surface area contributed by atoms with Crippen LogP contribution in [-0.4, -0.2) is 33.2 Å². The molecule has 146 valence electrons. The number of nitrogens with zero attached hydrogens (tertiary/aromatic N) is 4. The molecule has 0 aliphatic carbocycles. The number of hydrogen-bond donors (Lipinski definition) is 1. The van der Waals surface area contributed by atoms with Crippen LogP contribution in [0.25, 0.3) is 16.2 Å².